The van der Waals surface area contributed by atoms with Gasteiger partial charge in [-0.2, -0.15) is 0 Å². The van der Waals surface area contributed by atoms with E-state index in [0.29, 0.717) is 12.0 Å². The molecule has 2 rings (SSSR count). The van der Waals surface area contributed by atoms with E-state index >= 15 is 0 Å². The van der Waals surface area contributed by atoms with Gasteiger partial charge in [0.25, 0.3) is 0 Å². The van der Waals surface area contributed by atoms with Crippen LogP contribution in [-0.4, -0.2) is 20.3 Å². The Hall–Kier alpha value is -1.75. The average molecular weight is 312 g/mol. The Labute approximate surface area is 127 Å². The normalized spacial score (nSPS) is 11.4. The van der Waals surface area contributed by atoms with Gasteiger partial charge in [-0.05, 0) is 35.4 Å². The minimum Gasteiger partial charge on any atom is -0.490 e. The fourth-order valence-corrected chi connectivity index (χ4v) is 2.18. The van der Waals surface area contributed by atoms with Crippen molar-refractivity contribution in [1.29, 1.82) is 0 Å². The number of halogens is 3. The Balaban J connectivity index is 2.48. The van der Waals surface area contributed by atoms with Gasteiger partial charge in [-0.25, -0.2) is 13.2 Å². The van der Waals surface area contributed by atoms with Crippen LogP contribution < -0.4 is 4.74 Å². The van der Waals surface area contributed by atoms with Crippen LogP contribution >= 0.6 is 0 Å². The van der Waals surface area contributed by atoms with Crippen LogP contribution in [0.2, 0.25) is 0 Å². The lowest BCUT2D eigenvalue weighted by Gasteiger charge is -2.13. The highest BCUT2D eigenvalue weighted by Crippen LogP contribution is 2.31. The Kier molecular flexibility index (Phi) is 5.29. The van der Waals surface area contributed by atoms with Crippen LogP contribution in [0.25, 0.3) is 10.8 Å². The third-order valence-corrected chi connectivity index (χ3v) is 3.31. The third-order valence-electron chi connectivity index (χ3n) is 3.31. The quantitative estimate of drug-likeness (QED) is 0.783. The van der Waals surface area contributed by atoms with Crippen molar-refractivity contribution in [2.45, 2.75) is 20.3 Å². The van der Waals surface area contributed by atoms with Crippen molar-refractivity contribution in [2.24, 2.45) is 5.92 Å². The lowest BCUT2D eigenvalue weighted by atomic mass is 10.0. The molecule has 0 saturated heterocycles. The van der Waals surface area contributed by atoms with E-state index in [-0.39, 0.29) is 35.6 Å². The van der Waals surface area contributed by atoms with Gasteiger partial charge < -0.3 is 9.47 Å². The van der Waals surface area contributed by atoms with Gasteiger partial charge in [0.1, 0.15) is 0 Å². The van der Waals surface area contributed by atoms with Gasteiger partial charge in [-0.1, -0.05) is 19.9 Å². The predicted molar refractivity (Wildman–Crippen MR) is 79.7 cm³/mol. The van der Waals surface area contributed by atoms with E-state index < -0.39 is 17.5 Å². The van der Waals surface area contributed by atoms with Crippen LogP contribution in [0, 0.1) is 23.4 Å². The molecule has 0 radical (unpaired) electrons. The highest BCUT2D eigenvalue weighted by Gasteiger charge is 2.19. The fourth-order valence-electron chi connectivity index (χ4n) is 2.18. The molecule has 0 saturated carbocycles. The van der Waals surface area contributed by atoms with E-state index in [0.717, 1.165) is 0 Å². The SMILES string of the molecule is COCCc1cc2ccc(OCC(C)C)c(F)c2c(F)c1F. The van der Waals surface area contributed by atoms with Crippen LogP contribution in [0.3, 0.4) is 0 Å². The smallest absolute Gasteiger partial charge is 0.175 e. The first-order valence-corrected chi connectivity index (χ1v) is 7.16. The van der Waals surface area contributed by atoms with Crippen LogP contribution in [-0.2, 0) is 11.2 Å². The van der Waals surface area contributed by atoms with Crippen molar-refractivity contribution in [1.82, 2.24) is 0 Å². The zero-order valence-corrected chi connectivity index (χ0v) is 12.9. The molecular weight excluding hydrogens is 293 g/mol. The Morgan fingerprint density at radius 2 is 1.77 bits per heavy atom. The van der Waals surface area contributed by atoms with Crippen molar-refractivity contribution in [3.05, 3.63) is 41.2 Å². The zero-order valence-electron chi connectivity index (χ0n) is 12.9. The van der Waals surface area contributed by atoms with Gasteiger partial charge in [0.15, 0.2) is 23.2 Å². The molecule has 0 aromatic heterocycles. The maximum atomic E-state index is 14.4. The summed E-state index contributed by atoms with van der Waals surface area (Å²) >= 11 is 0. The monoisotopic (exact) mass is 312 g/mol. The molecule has 0 heterocycles. The number of fused-ring (bicyclic) bond motifs is 1. The molecule has 120 valence electrons. The maximum absolute atomic E-state index is 14.4. The number of rotatable bonds is 6. The molecule has 2 aromatic carbocycles. The summed E-state index contributed by atoms with van der Waals surface area (Å²) in [4.78, 5) is 0. The van der Waals surface area contributed by atoms with Crippen LogP contribution in [0.5, 0.6) is 5.75 Å². The minimum absolute atomic E-state index is 0.0656. The molecule has 0 bridgehead atoms. The second kappa shape index (κ2) is 7.01. The average Bonchev–Trinajstić information content (AvgIpc) is 2.48. The van der Waals surface area contributed by atoms with Crippen LogP contribution in [0.15, 0.2) is 18.2 Å². The van der Waals surface area contributed by atoms with E-state index in [4.69, 9.17) is 9.47 Å². The third kappa shape index (κ3) is 3.35. The van der Waals surface area contributed by atoms with Crippen molar-refractivity contribution in [3.63, 3.8) is 0 Å². The van der Waals surface area contributed by atoms with E-state index in [1.165, 1.54) is 25.3 Å². The standard InChI is InChI=1S/C17H19F3O2/c1-10(2)9-22-13-5-4-11-8-12(6-7-21-3)15(18)17(20)14(11)16(13)19/h4-5,8,10H,6-7,9H2,1-3H3. The molecule has 0 spiro atoms. The second-order valence-electron chi connectivity index (χ2n) is 5.59. The van der Waals surface area contributed by atoms with Gasteiger partial charge in [0.2, 0.25) is 0 Å². The molecule has 0 amide bonds. The van der Waals surface area contributed by atoms with Gasteiger partial charge in [-0.3, -0.25) is 0 Å². The number of methoxy groups -OCH3 is 1. The molecular formula is C17H19F3O2. The molecule has 2 aromatic rings. The second-order valence-corrected chi connectivity index (χ2v) is 5.59. The first-order valence-electron chi connectivity index (χ1n) is 7.16. The number of hydrogen-bond donors (Lipinski definition) is 0. The topological polar surface area (TPSA) is 18.5 Å². The first kappa shape index (κ1) is 16.6. The maximum Gasteiger partial charge on any atom is 0.175 e. The molecule has 0 aliphatic rings. The lowest BCUT2D eigenvalue weighted by molar-refractivity contribution is 0.201. The summed E-state index contributed by atoms with van der Waals surface area (Å²) in [6, 6.07) is 4.42. The Morgan fingerprint density at radius 3 is 2.41 bits per heavy atom. The minimum atomic E-state index is -1.18. The van der Waals surface area contributed by atoms with E-state index in [1.54, 1.807) is 0 Å². The van der Waals surface area contributed by atoms with E-state index in [1.807, 2.05) is 13.8 Å². The number of hydrogen-bond acceptors (Lipinski definition) is 2. The summed E-state index contributed by atoms with van der Waals surface area (Å²) in [5.74, 6) is -2.95. The summed E-state index contributed by atoms with van der Waals surface area (Å²) < 4.78 is 52.8. The van der Waals surface area contributed by atoms with Crippen molar-refractivity contribution in [2.75, 3.05) is 20.3 Å². The summed E-state index contributed by atoms with van der Waals surface area (Å²) in [6.45, 7) is 4.40. The molecule has 0 aliphatic carbocycles. The summed E-state index contributed by atoms with van der Waals surface area (Å²) in [6.07, 6.45) is 0.225. The molecule has 0 fully saturated rings. The summed E-state index contributed by atoms with van der Waals surface area (Å²) in [5, 5.41) is -0.0701. The van der Waals surface area contributed by atoms with Crippen LogP contribution in [0.1, 0.15) is 19.4 Å². The first-order chi connectivity index (χ1) is 10.5. The van der Waals surface area contributed by atoms with Crippen molar-refractivity contribution >= 4 is 10.8 Å². The van der Waals surface area contributed by atoms with E-state index in [2.05, 4.69) is 0 Å². The predicted octanol–water partition coefficient (Wildman–Crippen LogP) is 4.48. The molecule has 0 atom stereocenters. The fraction of sp³-hybridized carbons (Fsp3) is 0.412. The van der Waals surface area contributed by atoms with Crippen molar-refractivity contribution in [3.8, 4) is 5.75 Å². The number of benzene rings is 2. The Morgan fingerprint density at radius 1 is 1.05 bits per heavy atom. The highest BCUT2D eigenvalue weighted by molar-refractivity contribution is 5.86. The molecule has 22 heavy (non-hydrogen) atoms. The summed E-state index contributed by atoms with van der Waals surface area (Å²) in [5.41, 5.74) is 0.169. The molecule has 5 heteroatoms. The van der Waals surface area contributed by atoms with Crippen molar-refractivity contribution < 1.29 is 22.6 Å². The van der Waals surface area contributed by atoms with Gasteiger partial charge in [-0.15, -0.1) is 0 Å². The lowest BCUT2D eigenvalue weighted by Crippen LogP contribution is -2.07. The molecule has 0 unspecified atom stereocenters. The van der Waals surface area contributed by atoms with E-state index in [9.17, 15) is 13.2 Å². The number of ether oxygens (including phenoxy) is 2. The van der Waals surface area contributed by atoms with Gasteiger partial charge in [0, 0.05) is 7.11 Å². The van der Waals surface area contributed by atoms with Gasteiger partial charge in [0.05, 0.1) is 18.6 Å². The highest BCUT2D eigenvalue weighted by atomic mass is 19.2. The summed E-state index contributed by atoms with van der Waals surface area (Å²) in [7, 11) is 1.48. The molecule has 2 nitrogen and oxygen atoms in total. The van der Waals surface area contributed by atoms with Gasteiger partial charge >= 0.3 is 0 Å². The molecule has 0 N–H and O–H groups in total. The largest absolute Gasteiger partial charge is 0.490 e. The zero-order chi connectivity index (χ0) is 16.3. The molecule has 0 aliphatic heterocycles. The Bertz CT molecular complexity index is 669. The van der Waals surface area contributed by atoms with Crippen LogP contribution in [0.4, 0.5) is 13.2 Å².